The van der Waals surface area contributed by atoms with Gasteiger partial charge in [-0.05, 0) is 151 Å². The lowest BCUT2D eigenvalue weighted by atomic mass is 9.80. The molecule has 412 valence electrons. The molecule has 10 bridgehead atoms. The molecule has 0 saturated carbocycles. The molecule has 0 spiro atoms. The van der Waals surface area contributed by atoms with Crippen molar-refractivity contribution >= 4 is 44.6 Å². The van der Waals surface area contributed by atoms with E-state index in [1.54, 1.807) is 22.9 Å². The fraction of sp³-hybridized carbons (Fsp3) is 0.167. The molecule has 10 aromatic carbocycles. The first kappa shape index (κ1) is 39.7. The smallest absolute Gasteiger partial charge is 0.137 e. The first-order chi connectivity index (χ1) is 45.9. The van der Waals surface area contributed by atoms with E-state index in [9.17, 15) is 6.85 Å². The van der Waals surface area contributed by atoms with Crippen molar-refractivity contribution in [2.75, 3.05) is 16.5 Å². The van der Waals surface area contributed by atoms with Gasteiger partial charge in [0.2, 0.25) is 0 Å². The highest BCUT2D eigenvalue weighted by atomic mass is 16.5. The summed E-state index contributed by atoms with van der Waals surface area (Å²) in [5.74, 6) is 2.32. The Morgan fingerprint density at radius 1 is 0.429 bits per heavy atom. The van der Waals surface area contributed by atoms with Gasteiger partial charge in [0.1, 0.15) is 35.5 Å². The van der Waals surface area contributed by atoms with E-state index in [1.807, 2.05) is 97.1 Å². The topological polar surface area (TPSA) is 42.8 Å². The number of fused-ring (bicyclic) bond motifs is 5. The van der Waals surface area contributed by atoms with Crippen molar-refractivity contribution in [1.82, 2.24) is 9.55 Å². The van der Waals surface area contributed by atoms with Crippen LogP contribution in [0, 0.1) is 0 Å². The van der Waals surface area contributed by atoms with E-state index in [2.05, 4.69) is 115 Å². The van der Waals surface area contributed by atoms with Crippen molar-refractivity contribution in [2.24, 2.45) is 0 Å². The Balaban J connectivity index is 1.04. The van der Waals surface area contributed by atoms with Crippen LogP contribution in [-0.2, 0) is 16.2 Å². The zero-order valence-corrected chi connectivity index (χ0v) is 48.3. The summed E-state index contributed by atoms with van der Waals surface area (Å²) in [7, 11) is 0. The van der Waals surface area contributed by atoms with Gasteiger partial charge in [-0.1, -0.05) is 195 Å². The van der Waals surface area contributed by atoms with Gasteiger partial charge in [0, 0.05) is 57.0 Å². The maximum Gasteiger partial charge on any atom is 0.137 e. The quantitative estimate of drug-likeness (QED) is 0.176. The molecule has 0 unspecified atom stereocenters. The first-order valence-corrected chi connectivity index (χ1v) is 28.3. The van der Waals surface area contributed by atoms with E-state index in [0.717, 1.165) is 72.8 Å². The van der Waals surface area contributed by atoms with Crippen LogP contribution < -0.4 is 19.3 Å². The Bertz CT molecular complexity index is 5280. The Morgan fingerprint density at radius 3 is 1.77 bits per heavy atom. The molecule has 2 aromatic heterocycles. The minimum atomic E-state index is -0.628. The average molecular weight is 1110 g/mol. The number of rotatable bonds is 3. The van der Waals surface area contributed by atoms with E-state index in [0.29, 0.717) is 52.0 Å². The molecular weight excluding hydrogens is 1020 g/mol. The molecule has 6 heteroatoms. The highest BCUT2D eigenvalue weighted by Gasteiger charge is 2.34. The number of ether oxygens (including phenoxy) is 2. The standard InChI is InChI=1S/C78H68N4O2/c1-76(2,3)56-40-54(51-23-14-11-15-24-51)39-55(41-56)66-44-57(77(4,5)6)43-65-52-31-34-59(35-32-52)84-73-30-19-16-27-64(73)67-48-79-74(47-68(67)78(7,8)9)82-71-42-53(50-21-12-10-13-22-50)33-37-62(71)63-38-36-61(46-72(63)82)83-60-26-20-25-58(45-60)80-49-81(75(65)66)70-29-18-17-28-69(70)80/h10-48H,49H2,1-9H3/i10D,11D,12D,13D,14D,15D,21D,22D,23D,24D,33D,37D,42D. The summed E-state index contributed by atoms with van der Waals surface area (Å²) >= 11 is 0. The molecular formula is C78H68N4O2. The molecule has 84 heavy (non-hydrogen) atoms. The molecule has 0 aliphatic carbocycles. The monoisotopic (exact) mass is 1110 g/mol. The molecule has 0 fully saturated rings. The minimum Gasteiger partial charge on any atom is -0.457 e. The van der Waals surface area contributed by atoms with Crippen LogP contribution >= 0.6 is 0 Å². The second-order valence-electron chi connectivity index (χ2n) is 24.8. The number of nitrogens with zero attached hydrogens (tertiary/aromatic N) is 4. The Hall–Kier alpha value is -9.65. The molecule has 4 aliphatic heterocycles. The third-order valence-corrected chi connectivity index (χ3v) is 16.0. The van der Waals surface area contributed by atoms with Crippen LogP contribution in [0.4, 0.5) is 22.7 Å². The molecule has 16 rings (SSSR count). The summed E-state index contributed by atoms with van der Waals surface area (Å²) in [6, 6.07) is 43.7. The number of anilines is 4. The summed E-state index contributed by atoms with van der Waals surface area (Å²) in [5, 5.41) is 0.719. The van der Waals surface area contributed by atoms with E-state index >= 15 is 0 Å². The maximum absolute atomic E-state index is 10.1. The highest BCUT2D eigenvalue weighted by molar-refractivity contribution is 6.10. The molecule has 0 N–H and O–H groups in total. The first-order valence-electron chi connectivity index (χ1n) is 34.8. The number of aromatic nitrogens is 2. The predicted molar refractivity (Wildman–Crippen MR) is 350 cm³/mol. The van der Waals surface area contributed by atoms with Crippen LogP contribution in [-0.4, -0.2) is 16.2 Å². The van der Waals surface area contributed by atoms with Crippen molar-refractivity contribution < 1.29 is 27.3 Å². The fourth-order valence-corrected chi connectivity index (χ4v) is 11.6. The molecule has 0 radical (unpaired) electrons. The van der Waals surface area contributed by atoms with E-state index in [-0.39, 0.29) is 57.2 Å². The van der Waals surface area contributed by atoms with E-state index in [4.69, 9.17) is 25.4 Å². The summed E-state index contributed by atoms with van der Waals surface area (Å²) in [6.45, 7) is 19.5. The van der Waals surface area contributed by atoms with Crippen molar-refractivity contribution in [2.45, 2.75) is 78.6 Å². The van der Waals surface area contributed by atoms with Gasteiger partial charge < -0.3 is 19.3 Å². The lowest BCUT2D eigenvalue weighted by Gasteiger charge is -2.31. The third-order valence-electron chi connectivity index (χ3n) is 16.0. The summed E-state index contributed by atoms with van der Waals surface area (Å²) in [5.41, 5.74) is 10.3. The van der Waals surface area contributed by atoms with Crippen molar-refractivity contribution in [3.05, 3.63) is 253 Å². The number of benzene rings is 10. The summed E-state index contributed by atoms with van der Waals surface area (Å²) < 4.78 is 133. The molecule has 0 saturated heterocycles. The third kappa shape index (κ3) is 9.46. The Morgan fingerprint density at radius 2 is 1.06 bits per heavy atom. The fourth-order valence-electron chi connectivity index (χ4n) is 11.6. The van der Waals surface area contributed by atoms with Crippen LogP contribution in [0.3, 0.4) is 0 Å². The lowest BCUT2D eigenvalue weighted by molar-refractivity contribution is 0.483. The molecule has 0 atom stereocenters. The normalized spacial score (nSPS) is 15.3. The number of hydrogen-bond donors (Lipinski definition) is 0. The SMILES string of the molecule is [2H]c1c([2H])c([2H])c(-c2cc(-c3cc(C(C)(C)C)cc4c3N3CN(c5cccc(c5)Oc5ccc6c7c([2H])c([2H])c(-c8c([2H])c([2H])c([2H])c([2H])c8[2H])c([2H])c7n(c6c5)-c5cc(C(C)(C)C)c(cn5)-c5ccccc5Oc5ccc-4cc5)c4ccccc43)cc(C(C)(C)C)c2)c([2H])c1[2H]. The van der Waals surface area contributed by atoms with Crippen molar-refractivity contribution in [3.8, 4) is 84.5 Å². The molecule has 6 nitrogen and oxygen atoms in total. The van der Waals surface area contributed by atoms with Crippen LogP contribution in [0.5, 0.6) is 23.0 Å². The van der Waals surface area contributed by atoms with Crippen molar-refractivity contribution in [1.29, 1.82) is 0 Å². The number of pyridine rings is 1. The van der Waals surface area contributed by atoms with Gasteiger partial charge in [-0.15, -0.1) is 0 Å². The Kier molecular flexibility index (Phi) is 9.49. The zero-order chi connectivity index (χ0) is 69.0. The van der Waals surface area contributed by atoms with E-state index < -0.39 is 65.2 Å². The second-order valence-corrected chi connectivity index (χ2v) is 24.8. The number of para-hydroxylation sites is 3. The van der Waals surface area contributed by atoms with Gasteiger partial charge in [-0.3, -0.25) is 4.57 Å². The molecule has 4 aliphatic rings. The molecule has 6 heterocycles. The van der Waals surface area contributed by atoms with E-state index in [1.165, 1.54) is 0 Å². The maximum atomic E-state index is 10.1. The second kappa shape index (κ2) is 20.1. The largest absolute Gasteiger partial charge is 0.457 e. The minimum absolute atomic E-state index is 0.113. The average Bonchev–Trinajstić information content (AvgIpc) is 1.59. The Labute approximate surface area is 512 Å². The molecule has 12 aromatic rings. The van der Waals surface area contributed by atoms with Gasteiger partial charge in [0.25, 0.3) is 0 Å². The van der Waals surface area contributed by atoms with Crippen LogP contribution in [0.15, 0.2) is 236 Å². The van der Waals surface area contributed by atoms with Crippen LogP contribution in [0.1, 0.15) is 96.8 Å². The van der Waals surface area contributed by atoms with Gasteiger partial charge in [0.15, 0.2) is 0 Å². The van der Waals surface area contributed by atoms with Crippen LogP contribution in [0.2, 0.25) is 0 Å². The van der Waals surface area contributed by atoms with Gasteiger partial charge >= 0.3 is 0 Å². The van der Waals surface area contributed by atoms with Crippen molar-refractivity contribution in [3.63, 3.8) is 0 Å². The lowest BCUT2D eigenvalue weighted by Crippen LogP contribution is -2.25. The number of hydrogen-bond acceptors (Lipinski definition) is 5. The van der Waals surface area contributed by atoms with Gasteiger partial charge in [0.05, 0.1) is 45.9 Å². The predicted octanol–water partition coefficient (Wildman–Crippen LogP) is 21.6. The van der Waals surface area contributed by atoms with Crippen LogP contribution in [0.25, 0.3) is 83.3 Å². The van der Waals surface area contributed by atoms with Gasteiger partial charge in [-0.25, -0.2) is 4.98 Å². The van der Waals surface area contributed by atoms with Gasteiger partial charge in [-0.2, -0.15) is 0 Å². The summed E-state index contributed by atoms with van der Waals surface area (Å²) in [4.78, 5) is 9.75. The zero-order valence-electron chi connectivity index (χ0n) is 61.3. The summed E-state index contributed by atoms with van der Waals surface area (Å²) in [6.07, 6.45) is 1.77. The highest BCUT2D eigenvalue weighted by Crippen LogP contribution is 2.53. The molecule has 0 amide bonds.